The zero-order valence-electron chi connectivity index (χ0n) is 14.2. The first-order valence-corrected chi connectivity index (χ1v) is 7.48. The molecular formula is C15H23NO8. The summed E-state index contributed by atoms with van der Waals surface area (Å²) in [6, 6.07) is -1.20. The molecule has 1 N–H and O–H groups in total. The van der Waals surface area contributed by atoms with Crippen LogP contribution in [0.4, 0.5) is 0 Å². The minimum absolute atomic E-state index is 0.255. The molecule has 9 nitrogen and oxygen atoms in total. The van der Waals surface area contributed by atoms with Crippen LogP contribution in [0, 0.1) is 17.8 Å². The first-order chi connectivity index (χ1) is 11.4. The Kier molecular flexibility index (Phi) is 7.63. The van der Waals surface area contributed by atoms with Crippen molar-refractivity contribution in [1.82, 2.24) is 5.32 Å². The van der Waals surface area contributed by atoms with Crippen LogP contribution in [0.25, 0.3) is 0 Å². The molecule has 1 heterocycles. The quantitative estimate of drug-likeness (QED) is 0.365. The summed E-state index contributed by atoms with van der Waals surface area (Å²) in [6.45, 7) is 2.18. The van der Waals surface area contributed by atoms with Gasteiger partial charge in [-0.3, -0.25) is 14.4 Å². The van der Waals surface area contributed by atoms with Crippen molar-refractivity contribution in [3.05, 3.63) is 0 Å². The van der Waals surface area contributed by atoms with Crippen molar-refractivity contribution in [2.45, 2.75) is 19.4 Å². The van der Waals surface area contributed by atoms with Crippen LogP contribution in [-0.2, 0) is 38.1 Å². The van der Waals surface area contributed by atoms with Crippen LogP contribution in [0.2, 0.25) is 0 Å². The SMILES string of the molecule is COC(=O)C(C(=O)OC)[C@@H](C)[C@H](NC(=O)[C@@H]1CCOC1)C(=O)OC. The molecule has 1 rings (SSSR count). The predicted molar refractivity (Wildman–Crippen MR) is 79.6 cm³/mol. The molecule has 1 aliphatic rings. The highest BCUT2D eigenvalue weighted by Gasteiger charge is 2.43. The Morgan fingerprint density at radius 3 is 1.96 bits per heavy atom. The van der Waals surface area contributed by atoms with Gasteiger partial charge >= 0.3 is 17.9 Å². The van der Waals surface area contributed by atoms with E-state index in [-0.39, 0.29) is 12.5 Å². The van der Waals surface area contributed by atoms with Gasteiger partial charge < -0.3 is 24.3 Å². The molecule has 1 amide bonds. The molecule has 136 valence electrons. The number of nitrogens with one attached hydrogen (secondary N) is 1. The summed E-state index contributed by atoms with van der Waals surface area (Å²) in [7, 11) is 3.39. The summed E-state index contributed by atoms with van der Waals surface area (Å²) in [6.07, 6.45) is 0.533. The van der Waals surface area contributed by atoms with E-state index in [1.165, 1.54) is 6.92 Å². The molecule has 0 bridgehead atoms. The van der Waals surface area contributed by atoms with E-state index in [2.05, 4.69) is 19.5 Å². The van der Waals surface area contributed by atoms with Gasteiger partial charge in [0.2, 0.25) is 5.91 Å². The third-order valence-corrected chi connectivity index (χ3v) is 4.02. The van der Waals surface area contributed by atoms with E-state index < -0.39 is 41.7 Å². The molecule has 0 aromatic rings. The fourth-order valence-electron chi connectivity index (χ4n) is 2.52. The van der Waals surface area contributed by atoms with Crippen LogP contribution in [0.5, 0.6) is 0 Å². The minimum atomic E-state index is -1.37. The topological polar surface area (TPSA) is 117 Å². The van der Waals surface area contributed by atoms with Crippen LogP contribution >= 0.6 is 0 Å². The second-order valence-corrected chi connectivity index (χ2v) is 5.45. The van der Waals surface area contributed by atoms with E-state index in [1.807, 2.05) is 0 Å². The number of hydrogen-bond acceptors (Lipinski definition) is 8. The van der Waals surface area contributed by atoms with E-state index in [9.17, 15) is 19.2 Å². The number of rotatable bonds is 7. The Balaban J connectivity index is 2.98. The molecule has 0 saturated carbocycles. The molecule has 24 heavy (non-hydrogen) atoms. The van der Waals surface area contributed by atoms with Crippen LogP contribution in [-0.4, -0.2) is 64.4 Å². The summed E-state index contributed by atoms with van der Waals surface area (Å²) in [5.41, 5.74) is 0. The van der Waals surface area contributed by atoms with Gasteiger partial charge in [-0.2, -0.15) is 0 Å². The Morgan fingerprint density at radius 1 is 1.00 bits per heavy atom. The number of hydrogen-bond donors (Lipinski definition) is 1. The lowest BCUT2D eigenvalue weighted by atomic mass is 9.87. The van der Waals surface area contributed by atoms with E-state index >= 15 is 0 Å². The van der Waals surface area contributed by atoms with Gasteiger partial charge in [-0.1, -0.05) is 6.92 Å². The molecule has 0 aromatic heterocycles. The molecule has 0 unspecified atom stereocenters. The zero-order valence-corrected chi connectivity index (χ0v) is 14.2. The van der Waals surface area contributed by atoms with Crippen molar-refractivity contribution in [3.8, 4) is 0 Å². The van der Waals surface area contributed by atoms with Crippen LogP contribution in [0.3, 0.4) is 0 Å². The van der Waals surface area contributed by atoms with Gasteiger partial charge in [0.15, 0.2) is 5.92 Å². The predicted octanol–water partition coefficient (Wildman–Crippen LogP) is -0.721. The molecule has 1 fully saturated rings. The van der Waals surface area contributed by atoms with Gasteiger partial charge in [0.25, 0.3) is 0 Å². The standard InChI is InChI=1S/C15H23NO8/c1-8(10(13(18)21-2)14(19)22-3)11(15(20)23-4)16-12(17)9-5-6-24-7-9/h8-11H,5-7H2,1-4H3,(H,16,17)/t8-,9-,11+/m1/s1. The van der Waals surface area contributed by atoms with Gasteiger partial charge in [-0.05, 0) is 6.42 Å². The Bertz CT molecular complexity index is 470. The first kappa shape index (κ1) is 19.9. The number of methoxy groups -OCH3 is 3. The molecule has 1 aliphatic heterocycles. The highest BCUT2D eigenvalue weighted by atomic mass is 16.5. The van der Waals surface area contributed by atoms with Crippen LogP contribution in [0.15, 0.2) is 0 Å². The number of ether oxygens (including phenoxy) is 4. The summed E-state index contributed by atoms with van der Waals surface area (Å²) >= 11 is 0. The molecule has 0 aliphatic carbocycles. The summed E-state index contributed by atoms with van der Waals surface area (Å²) < 4.78 is 19.0. The van der Waals surface area contributed by atoms with Crippen molar-refractivity contribution in [3.63, 3.8) is 0 Å². The largest absolute Gasteiger partial charge is 0.468 e. The minimum Gasteiger partial charge on any atom is -0.468 e. The fourth-order valence-corrected chi connectivity index (χ4v) is 2.52. The van der Waals surface area contributed by atoms with Gasteiger partial charge in [-0.25, -0.2) is 4.79 Å². The first-order valence-electron chi connectivity index (χ1n) is 7.48. The van der Waals surface area contributed by atoms with Crippen molar-refractivity contribution in [1.29, 1.82) is 0 Å². The maximum atomic E-state index is 12.3. The van der Waals surface area contributed by atoms with E-state index in [0.29, 0.717) is 13.0 Å². The fraction of sp³-hybridized carbons (Fsp3) is 0.733. The summed E-state index contributed by atoms with van der Waals surface area (Å²) in [4.78, 5) is 48.1. The second kappa shape index (κ2) is 9.21. The zero-order chi connectivity index (χ0) is 18.3. The molecular weight excluding hydrogens is 322 g/mol. The lowest BCUT2D eigenvalue weighted by Gasteiger charge is -2.27. The molecule has 9 heteroatoms. The maximum absolute atomic E-state index is 12.3. The normalized spacial score (nSPS) is 19.3. The van der Waals surface area contributed by atoms with Gasteiger partial charge in [0.05, 0.1) is 33.9 Å². The van der Waals surface area contributed by atoms with Gasteiger partial charge in [-0.15, -0.1) is 0 Å². The van der Waals surface area contributed by atoms with Gasteiger partial charge in [0.1, 0.15) is 6.04 Å². The number of carbonyl (C=O) groups excluding carboxylic acids is 4. The highest BCUT2D eigenvalue weighted by molar-refractivity contribution is 5.96. The van der Waals surface area contributed by atoms with Crippen molar-refractivity contribution >= 4 is 23.8 Å². The lowest BCUT2D eigenvalue weighted by Crippen LogP contribution is -2.52. The smallest absolute Gasteiger partial charge is 0.328 e. The van der Waals surface area contributed by atoms with Gasteiger partial charge in [0, 0.05) is 12.5 Å². The Hall–Kier alpha value is -2.16. The third-order valence-electron chi connectivity index (χ3n) is 4.02. The third kappa shape index (κ3) is 4.67. The summed E-state index contributed by atoms with van der Waals surface area (Å²) in [5, 5.41) is 2.54. The molecule has 0 spiro atoms. The van der Waals surface area contributed by atoms with E-state index in [1.54, 1.807) is 0 Å². The number of carbonyl (C=O) groups is 4. The molecule has 0 radical (unpaired) electrons. The average Bonchev–Trinajstić information content (AvgIpc) is 3.12. The maximum Gasteiger partial charge on any atom is 0.328 e. The number of amides is 1. The van der Waals surface area contributed by atoms with E-state index in [4.69, 9.17) is 4.74 Å². The highest BCUT2D eigenvalue weighted by Crippen LogP contribution is 2.21. The van der Waals surface area contributed by atoms with Crippen LogP contribution < -0.4 is 5.32 Å². The molecule has 3 atom stereocenters. The second-order valence-electron chi connectivity index (χ2n) is 5.45. The van der Waals surface area contributed by atoms with Crippen molar-refractivity contribution in [2.24, 2.45) is 17.8 Å². The Morgan fingerprint density at radius 2 is 1.54 bits per heavy atom. The number of esters is 3. The van der Waals surface area contributed by atoms with Crippen molar-refractivity contribution < 1.29 is 38.1 Å². The monoisotopic (exact) mass is 345 g/mol. The molecule has 0 aromatic carbocycles. The lowest BCUT2D eigenvalue weighted by molar-refractivity contribution is -0.163. The van der Waals surface area contributed by atoms with E-state index in [0.717, 1.165) is 21.3 Å². The van der Waals surface area contributed by atoms with Crippen molar-refractivity contribution in [2.75, 3.05) is 34.5 Å². The summed E-state index contributed by atoms with van der Waals surface area (Å²) in [5.74, 6) is -5.58. The van der Waals surface area contributed by atoms with Crippen LogP contribution in [0.1, 0.15) is 13.3 Å². The Labute approximate surface area is 139 Å². The average molecular weight is 345 g/mol. The molecule has 1 saturated heterocycles.